The van der Waals surface area contributed by atoms with Gasteiger partial charge < -0.3 is 15.3 Å². The molecule has 7 heteroatoms. The zero-order chi connectivity index (χ0) is 26.0. The molecule has 0 amide bonds. The molecule has 198 valence electrons. The molecule has 7 nitrogen and oxygen atoms in total. The third kappa shape index (κ3) is 10.2. The molecule has 0 heterocycles. The van der Waals surface area contributed by atoms with Crippen molar-refractivity contribution in [3.63, 3.8) is 0 Å². The van der Waals surface area contributed by atoms with Crippen molar-refractivity contribution in [1.29, 1.82) is 0 Å². The Balaban J connectivity index is 6.00. The van der Waals surface area contributed by atoms with Crippen molar-refractivity contribution in [2.45, 2.75) is 136 Å². The van der Waals surface area contributed by atoms with Gasteiger partial charge in [-0.1, -0.05) is 72.3 Å². The molecule has 0 fully saturated rings. The van der Waals surface area contributed by atoms with E-state index in [2.05, 4.69) is 6.92 Å². The third-order valence-electron chi connectivity index (χ3n) is 6.84. The van der Waals surface area contributed by atoms with Crippen molar-refractivity contribution in [2.24, 2.45) is 0 Å². The molecule has 0 bridgehead atoms. The van der Waals surface area contributed by atoms with Crippen LogP contribution in [0.4, 0.5) is 0 Å². The van der Waals surface area contributed by atoms with Gasteiger partial charge in [-0.25, -0.2) is 14.4 Å². The number of carbonyl (C=O) groups is 3. The molecule has 0 aliphatic rings. The van der Waals surface area contributed by atoms with Crippen LogP contribution >= 0.6 is 0 Å². The second-order valence-corrected chi connectivity index (χ2v) is 9.49. The molecule has 0 aromatic heterocycles. The highest BCUT2D eigenvalue weighted by Crippen LogP contribution is 2.33. The van der Waals surface area contributed by atoms with Crippen LogP contribution in [0.5, 0.6) is 0 Å². The molecular weight excluding hydrogens is 434 g/mol. The summed E-state index contributed by atoms with van der Waals surface area (Å²) in [6.45, 7) is 7.86. The molecule has 0 aliphatic heterocycles. The number of hydrogen-bond acceptors (Lipinski definition) is 3. The monoisotopic (exact) mass is 484 g/mol. The topological polar surface area (TPSA) is 112 Å². The second kappa shape index (κ2) is 18.4. The summed E-state index contributed by atoms with van der Waals surface area (Å²) in [6.07, 6.45) is 15.3. The second-order valence-electron chi connectivity index (χ2n) is 9.49. The summed E-state index contributed by atoms with van der Waals surface area (Å²) in [5.41, 5.74) is 0. The highest BCUT2D eigenvalue weighted by molar-refractivity contribution is 5.78. The van der Waals surface area contributed by atoms with Gasteiger partial charge in [0.25, 0.3) is 0 Å². The molecule has 0 aromatic rings. The summed E-state index contributed by atoms with van der Waals surface area (Å²) in [4.78, 5) is 37.4. The van der Waals surface area contributed by atoms with Gasteiger partial charge in [0.2, 0.25) is 0 Å². The first-order valence-corrected chi connectivity index (χ1v) is 13.4. The van der Waals surface area contributed by atoms with E-state index in [-0.39, 0.29) is 25.8 Å². The van der Waals surface area contributed by atoms with E-state index >= 15 is 0 Å². The van der Waals surface area contributed by atoms with E-state index in [1.54, 1.807) is 0 Å². The minimum Gasteiger partial charge on any atom is -0.477 e. The molecule has 0 saturated carbocycles. The highest BCUT2D eigenvalue weighted by Gasteiger charge is 2.56. The zero-order valence-corrected chi connectivity index (χ0v) is 22.0. The minimum atomic E-state index is -1.12. The fourth-order valence-electron chi connectivity index (χ4n) is 5.16. The van der Waals surface area contributed by atoms with E-state index < -0.39 is 40.5 Å². The standard InChI is InChI=1S/C27H49NO6/c1-5-9-10-11-12-13-14-15-16-17-21-28(22(18-6-2)25(29)30,23(19-7-3)26(31)32)24(20-8-4)27(33)34/h16-17,22-24H,5-15,18-21H2,1-4H3,(H2-,29,30,31,32,33,34)/p+1/b17-16+. The van der Waals surface area contributed by atoms with Crippen LogP contribution in [0.15, 0.2) is 12.2 Å². The molecule has 0 spiro atoms. The van der Waals surface area contributed by atoms with E-state index in [9.17, 15) is 29.7 Å². The average Bonchev–Trinajstić information content (AvgIpc) is 2.78. The molecule has 0 saturated heterocycles. The van der Waals surface area contributed by atoms with Gasteiger partial charge in [-0.05, 0) is 38.2 Å². The Labute approximate surface area is 206 Å². The molecule has 0 radical (unpaired) electrons. The van der Waals surface area contributed by atoms with E-state index in [4.69, 9.17) is 0 Å². The Morgan fingerprint density at radius 3 is 1.32 bits per heavy atom. The first kappa shape index (κ1) is 32.1. The number of aliphatic carboxylic acids is 3. The largest absolute Gasteiger partial charge is 0.477 e. The summed E-state index contributed by atoms with van der Waals surface area (Å²) in [7, 11) is 0. The summed E-state index contributed by atoms with van der Waals surface area (Å²) in [5, 5.41) is 30.5. The molecule has 3 N–H and O–H groups in total. The van der Waals surface area contributed by atoms with Gasteiger partial charge in [0.15, 0.2) is 18.1 Å². The van der Waals surface area contributed by atoms with Crippen LogP contribution in [-0.4, -0.2) is 62.4 Å². The number of rotatable bonds is 22. The lowest BCUT2D eigenvalue weighted by molar-refractivity contribution is -0.968. The maximum Gasteiger partial charge on any atom is 0.362 e. The number of hydrogen-bond donors (Lipinski definition) is 3. The lowest BCUT2D eigenvalue weighted by Crippen LogP contribution is -2.72. The van der Waals surface area contributed by atoms with Crippen LogP contribution in [0.25, 0.3) is 0 Å². The van der Waals surface area contributed by atoms with Crippen molar-refractivity contribution in [3.8, 4) is 0 Å². The van der Waals surface area contributed by atoms with Gasteiger partial charge in [-0.3, -0.25) is 4.48 Å². The van der Waals surface area contributed by atoms with E-state index in [0.29, 0.717) is 19.3 Å². The van der Waals surface area contributed by atoms with Crippen LogP contribution in [0.3, 0.4) is 0 Å². The zero-order valence-electron chi connectivity index (χ0n) is 22.0. The van der Waals surface area contributed by atoms with Crippen molar-refractivity contribution in [1.82, 2.24) is 0 Å². The van der Waals surface area contributed by atoms with Crippen LogP contribution in [-0.2, 0) is 14.4 Å². The molecule has 0 aliphatic carbocycles. The fourth-order valence-corrected chi connectivity index (χ4v) is 5.16. The van der Waals surface area contributed by atoms with Gasteiger partial charge in [-0.15, -0.1) is 0 Å². The maximum atomic E-state index is 12.5. The normalized spacial score (nSPS) is 16.1. The Kier molecular flexibility index (Phi) is 17.4. The maximum absolute atomic E-state index is 12.5. The van der Waals surface area contributed by atoms with Gasteiger partial charge in [-0.2, -0.15) is 0 Å². The molecule has 3 atom stereocenters. The van der Waals surface area contributed by atoms with Crippen LogP contribution in [0, 0.1) is 0 Å². The number of nitrogens with zero attached hydrogens (tertiary/aromatic N) is 1. The minimum absolute atomic E-state index is 0.0986. The summed E-state index contributed by atoms with van der Waals surface area (Å²) < 4.78 is -0.455. The third-order valence-corrected chi connectivity index (χ3v) is 6.84. The average molecular weight is 485 g/mol. The predicted octanol–water partition coefficient (Wildman–Crippen LogP) is 6.26. The van der Waals surface area contributed by atoms with Crippen molar-refractivity contribution >= 4 is 17.9 Å². The fraction of sp³-hybridized carbons (Fsp3) is 0.815. The highest BCUT2D eigenvalue weighted by atomic mass is 16.4. The number of carboxylic acid groups (broad SMARTS) is 3. The molecular formula is C27H50NO6+. The number of quaternary nitrogens is 1. The summed E-state index contributed by atoms with van der Waals surface area (Å²) >= 11 is 0. The van der Waals surface area contributed by atoms with Gasteiger partial charge in [0.05, 0.1) is 6.54 Å². The van der Waals surface area contributed by atoms with Gasteiger partial charge in [0, 0.05) is 19.3 Å². The Morgan fingerprint density at radius 2 is 0.971 bits per heavy atom. The van der Waals surface area contributed by atoms with Crippen LogP contribution in [0.1, 0.15) is 118 Å². The number of unbranched alkanes of at least 4 members (excludes halogenated alkanes) is 7. The smallest absolute Gasteiger partial charge is 0.362 e. The first-order chi connectivity index (χ1) is 16.2. The molecule has 34 heavy (non-hydrogen) atoms. The first-order valence-electron chi connectivity index (χ1n) is 13.4. The predicted molar refractivity (Wildman–Crippen MR) is 136 cm³/mol. The molecule has 3 unspecified atom stereocenters. The van der Waals surface area contributed by atoms with Crippen LogP contribution in [0.2, 0.25) is 0 Å². The van der Waals surface area contributed by atoms with Crippen molar-refractivity contribution in [3.05, 3.63) is 12.2 Å². The number of allylic oxidation sites excluding steroid dienone is 1. The van der Waals surface area contributed by atoms with Gasteiger partial charge >= 0.3 is 17.9 Å². The lowest BCUT2D eigenvalue weighted by atomic mass is 9.92. The lowest BCUT2D eigenvalue weighted by Gasteiger charge is -2.49. The van der Waals surface area contributed by atoms with Crippen LogP contribution < -0.4 is 0 Å². The Bertz CT molecular complexity index is 558. The van der Waals surface area contributed by atoms with Crippen molar-refractivity contribution in [2.75, 3.05) is 6.54 Å². The molecule has 0 aromatic carbocycles. The number of carboxylic acids is 3. The quantitative estimate of drug-likeness (QED) is 0.0950. The van der Waals surface area contributed by atoms with E-state index in [0.717, 1.165) is 19.3 Å². The van der Waals surface area contributed by atoms with E-state index in [1.807, 2.05) is 32.9 Å². The van der Waals surface area contributed by atoms with Crippen molar-refractivity contribution < 1.29 is 34.2 Å². The molecule has 0 rings (SSSR count). The summed E-state index contributed by atoms with van der Waals surface area (Å²) in [5.74, 6) is -3.36. The SMILES string of the molecule is CCCCCCCCC/C=C/C[N+](C(CCC)C(=O)O)(C(CCC)C(=O)O)C(CCC)C(=O)O. The van der Waals surface area contributed by atoms with E-state index in [1.165, 1.54) is 32.1 Å². The Hall–Kier alpha value is -1.89. The Morgan fingerprint density at radius 1 is 0.588 bits per heavy atom. The summed E-state index contributed by atoms with van der Waals surface area (Å²) in [6, 6.07) is -3.27. The van der Waals surface area contributed by atoms with Gasteiger partial charge in [0.1, 0.15) is 0 Å².